The van der Waals surface area contributed by atoms with E-state index in [2.05, 4.69) is 5.32 Å². The number of aliphatic hydroxyl groups is 1. The fraction of sp³-hybridized carbons (Fsp3) is 0.462. The van der Waals surface area contributed by atoms with Crippen LogP contribution in [0.15, 0.2) is 29.2 Å². The first-order valence-electron chi connectivity index (χ1n) is 5.70. The van der Waals surface area contributed by atoms with Gasteiger partial charge in [-0.25, -0.2) is 0 Å². The van der Waals surface area contributed by atoms with E-state index in [0.29, 0.717) is 5.02 Å². The summed E-state index contributed by atoms with van der Waals surface area (Å²) in [6, 6.07) is 7.36. The molecule has 0 aliphatic rings. The van der Waals surface area contributed by atoms with Crippen molar-refractivity contribution < 1.29 is 9.90 Å². The summed E-state index contributed by atoms with van der Waals surface area (Å²) < 4.78 is 0. The van der Waals surface area contributed by atoms with E-state index in [1.807, 2.05) is 19.1 Å². The average Bonchev–Trinajstić information content (AvgIpc) is 2.28. The molecule has 1 amide bonds. The van der Waals surface area contributed by atoms with E-state index in [-0.39, 0.29) is 17.7 Å². The van der Waals surface area contributed by atoms with Crippen molar-refractivity contribution in [2.45, 2.75) is 36.5 Å². The molecule has 18 heavy (non-hydrogen) atoms. The number of benzene rings is 1. The second kappa shape index (κ2) is 6.45. The zero-order chi connectivity index (χ0) is 13.8. The summed E-state index contributed by atoms with van der Waals surface area (Å²) in [6.45, 7) is 5.39. The molecule has 0 saturated heterocycles. The molecule has 5 heteroatoms. The van der Waals surface area contributed by atoms with Gasteiger partial charge in [-0.3, -0.25) is 4.79 Å². The monoisotopic (exact) mass is 287 g/mol. The van der Waals surface area contributed by atoms with Gasteiger partial charge in [-0.1, -0.05) is 11.6 Å². The number of rotatable bonds is 5. The van der Waals surface area contributed by atoms with Crippen molar-refractivity contribution >= 4 is 29.3 Å². The van der Waals surface area contributed by atoms with Gasteiger partial charge >= 0.3 is 0 Å². The number of hydrogen-bond acceptors (Lipinski definition) is 3. The molecule has 2 N–H and O–H groups in total. The van der Waals surface area contributed by atoms with Crippen LogP contribution in [-0.2, 0) is 4.79 Å². The van der Waals surface area contributed by atoms with Crippen molar-refractivity contribution in [2.24, 2.45) is 0 Å². The Morgan fingerprint density at radius 1 is 1.44 bits per heavy atom. The summed E-state index contributed by atoms with van der Waals surface area (Å²) in [4.78, 5) is 12.8. The van der Waals surface area contributed by atoms with Crippen LogP contribution < -0.4 is 5.32 Å². The first-order valence-corrected chi connectivity index (χ1v) is 6.96. The van der Waals surface area contributed by atoms with Crippen LogP contribution in [0.2, 0.25) is 5.02 Å². The largest absolute Gasteiger partial charge is 0.389 e. The topological polar surface area (TPSA) is 49.3 Å². The molecule has 0 aliphatic heterocycles. The Morgan fingerprint density at radius 3 is 2.50 bits per heavy atom. The summed E-state index contributed by atoms with van der Waals surface area (Å²) in [5, 5.41) is 12.7. The third kappa shape index (κ3) is 5.76. The van der Waals surface area contributed by atoms with Crippen LogP contribution in [-0.4, -0.2) is 28.4 Å². The van der Waals surface area contributed by atoms with Crippen molar-refractivity contribution in [3.63, 3.8) is 0 Å². The Labute approximate surface area is 117 Å². The van der Waals surface area contributed by atoms with Gasteiger partial charge in [0.2, 0.25) is 5.91 Å². The quantitative estimate of drug-likeness (QED) is 0.819. The van der Waals surface area contributed by atoms with Crippen LogP contribution >= 0.6 is 23.4 Å². The minimum Gasteiger partial charge on any atom is -0.389 e. The van der Waals surface area contributed by atoms with Gasteiger partial charge < -0.3 is 10.4 Å². The van der Waals surface area contributed by atoms with Gasteiger partial charge in [-0.05, 0) is 45.0 Å². The van der Waals surface area contributed by atoms with E-state index in [1.54, 1.807) is 26.0 Å². The lowest BCUT2D eigenvalue weighted by molar-refractivity contribution is -0.121. The Bertz CT molecular complexity index is 400. The van der Waals surface area contributed by atoms with Gasteiger partial charge in [-0.2, -0.15) is 0 Å². The van der Waals surface area contributed by atoms with Gasteiger partial charge in [0.1, 0.15) is 0 Å². The van der Waals surface area contributed by atoms with E-state index >= 15 is 0 Å². The van der Waals surface area contributed by atoms with Gasteiger partial charge in [0.05, 0.1) is 10.9 Å². The van der Waals surface area contributed by atoms with Crippen molar-refractivity contribution in [3.8, 4) is 0 Å². The van der Waals surface area contributed by atoms with E-state index < -0.39 is 5.60 Å². The van der Waals surface area contributed by atoms with Crippen LogP contribution in [0, 0.1) is 0 Å². The fourth-order valence-electron chi connectivity index (χ4n) is 1.22. The molecule has 0 bridgehead atoms. The second-order valence-electron chi connectivity index (χ2n) is 4.74. The van der Waals surface area contributed by atoms with Crippen LogP contribution in [0.4, 0.5) is 0 Å². The van der Waals surface area contributed by atoms with Gasteiger partial charge in [-0.15, -0.1) is 11.8 Å². The molecule has 1 atom stereocenters. The SMILES string of the molecule is CC(Sc1ccc(Cl)cc1)C(=O)NCC(C)(C)O. The molecule has 0 spiro atoms. The summed E-state index contributed by atoms with van der Waals surface area (Å²) in [6.07, 6.45) is 0. The molecule has 1 unspecified atom stereocenters. The van der Waals surface area contributed by atoms with E-state index in [4.69, 9.17) is 11.6 Å². The highest BCUT2D eigenvalue weighted by atomic mass is 35.5. The Kier molecular flexibility index (Phi) is 5.50. The molecule has 0 radical (unpaired) electrons. The lowest BCUT2D eigenvalue weighted by Gasteiger charge is -2.19. The predicted octanol–water partition coefficient (Wildman–Crippen LogP) is 2.71. The Hall–Kier alpha value is -0.710. The molecule has 0 saturated carbocycles. The van der Waals surface area contributed by atoms with Crippen LogP contribution in [0.25, 0.3) is 0 Å². The number of halogens is 1. The highest BCUT2D eigenvalue weighted by molar-refractivity contribution is 8.00. The summed E-state index contributed by atoms with van der Waals surface area (Å²) >= 11 is 7.25. The number of nitrogens with one attached hydrogen (secondary N) is 1. The zero-order valence-corrected chi connectivity index (χ0v) is 12.3. The number of thioether (sulfide) groups is 1. The highest BCUT2D eigenvalue weighted by Crippen LogP contribution is 2.24. The molecule has 0 aliphatic carbocycles. The maximum absolute atomic E-state index is 11.8. The molecule has 1 aromatic carbocycles. The van der Waals surface area contributed by atoms with E-state index in [0.717, 1.165) is 4.90 Å². The van der Waals surface area contributed by atoms with Crippen molar-refractivity contribution in [1.82, 2.24) is 5.32 Å². The van der Waals surface area contributed by atoms with Gasteiger partial charge in [0, 0.05) is 16.5 Å². The van der Waals surface area contributed by atoms with Crippen molar-refractivity contribution in [1.29, 1.82) is 0 Å². The second-order valence-corrected chi connectivity index (χ2v) is 6.59. The summed E-state index contributed by atoms with van der Waals surface area (Å²) in [5.41, 5.74) is -0.889. The first kappa shape index (κ1) is 15.3. The standard InChI is InChI=1S/C13H18ClNO2S/c1-9(12(16)15-8-13(2,3)17)18-11-6-4-10(14)5-7-11/h4-7,9,17H,8H2,1-3H3,(H,15,16). The maximum Gasteiger partial charge on any atom is 0.233 e. The maximum atomic E-state index is 11.8. The average molecular weight is 288 g/mol. The van der Waals surface area contributed by atoms with Gasteiger partial charge in [0.15, 0.2) is 0 Å². The van der Waals surface area contributed by atoms with Crippen LogP contribution in [0.1, 0.15) is 20.8 Å². The zero-order valence-electron chi connectivity index (χ0n) is 10.7. The fourth-order valence-corrected chi connectivity index (χ4v) is 2.24. The van der Waals surface area contributed by atoms with Crippen LogP contribution in [0.5, 0.6) is 0 Å². The van der Waals surface area contributed by atoms with E-state index in [1.165, 1.54) is 11.8 Å². The first-order chi connectivity index (χ1) is 8.28. The normalized spacial score (nSPS) is 13.2. The Balaban J connectivity index is 2.47. The molecular weight excluding hydrogens is 270 g/mol. The van der Waals surface area contributed by atoms with Crippen molar-refractivity contribution in [2.75, 3.05) is 6.54 Å². The molecule has 0 heterocycles. The minimum atomic E-state index is -0.889. The smallest absolute Gasteiger partial charge is 0.233 e. The molecule has 3 nitrogen and oxygen atoms in total. The predicted molar refractivity (Wildman–Crippen MR) is 76.1 cm³/mol. The minimum absolute atomic E-state index is 0.0860. The Morgan fingerprint density at radius 2 is 2.00 bits per heavy atom. The summed E-state index contributed by atoms with van der Waals surface area (Å²) in [5.74, 6) is -0.0860. The summed E-state index contributed by atoms with van der Waals surface area (Å²) in [7, 11) is 0. The van der Waals surface area contributed by atoms with E-state index in [9.17, 15) is 9.90 Å². The van der Waals surface area contributed by atoms with Crippen LogP contribution in [0.3, 0.4) is 0 Å². The molecule has 1 aromatic rings. The molecule has 0 aromatic heterocycles. The number of hydrogen-bond donors (Lipinski definition) is 2. The molecule has 100 valence electrons. The highest BCUT2D eigenvalue weighted by Gasteiger charge is 2.18. The molecule has 0 fully saturated rings. The third-order valence-corrected chi connectivity index (χ3v) is 3.55. The number of amides is 1. The number of carbonyl (C=O) groups is 1. The molecule has 1 rings (SSSR count). The van der Waals surface area contributed by atoms with Crippen molar-refractivity contribution in [3.05, 3.63) is 29.3 Å². The lowest BCUT2D eigenvalue weighted by Crippen LogP contribution is -2.41. The third-order valence-electron chi connectivity index (χ3n) is 2.19. The molecular formula is C13H18ClNO2S. The lowest BCUT2D eigenvalue weighted by atomic mass is 10.1. The number of carbonyl (C=O) groups excluding carboxylic acids is 1. The van der Waals surface area contributed by atoms with Gasteiger partial charge in [0.25, 0.3) is 0 Å².